The van der Waals surface area contributed by atoms with Gasteiger partial charge in [-0.15, -0.1) is 11.3 Å². The van der Waals surface area contributed by atoms with Crippen LogP contribution in [0.5, 0.6) is 0 Å². The van der Waals surface area contributed by atoms with E-state index in [4.69, 9.17) is 9.72 Å². The van der Waals surface area contributed by atoms with Gasteiger partial charge in [0.1, 0.15) is 0 Å². The van der Waals surface area contributed by atoms with Crippen molar-refractivity contribution < 1.29 is 14.3 Å². The third kappa shape index (κ3) is 4.48. The number of hydrogen-bond acceptors (Lipinski definition) is 6. The van der Waals surface area contributed by atoms with E-state index in [1.165, 1.54) is 7.11 Å². The molecule has 0 aliphatic heterocycles. The van der Waals surface area contributed by atoms with Crippen LogP contribution in [-0.2, 0) is 16.6 Å². The van der Waals surface area contributed by atoms with Gasteiger partial charge in [0.25, 0.3) is 5.91 Å². The Kier molecular flexibility index (Phi) is 6.32. The maximum absolute atomic E-state index is 13.6. The van der Waals surface area contributed by atoms with E-state index in [2.05, 4.69) is 5.10 Å². The molecule has 29 heavy (non-hydrogen) atoms. The predicted octanol–water partition coefficient (Wildman–Crippen LogP) is 3.67. The molecule has 0 aromatic carbocycles. The average molecular weight is 415 g/mol. The van der Waals surface area contributed by atoms with Crippen LogP contribution in [0.2, 0.25) is 0 Å². The van der Waals surface area contributed by atoms with Gasteiger partial charge >= 0.3 is 5.97 Å². The van der Waals surface area contributed by atoms with Crippen molar-refractivity contribution in [2.45, 2.75) is 27.2 Å². The van der Waals surface area contributed by atoms with E-state index in [1.54, 1.807) is 20.9 Å². The highest BCUT2D eigenvalue weighted by Crippen LogP contribution is 2.30. The molecule has 0 aliphatic carbocycles. The highest BCUT2D eigenvalue weighted by Gasteiger charge is 2.24. The molecular weight excluding hydrogens is 388 g/mol. The average Bonchev–Trinajstić information content (AvgIpc) is 3.32. The van der Waals surface area contributed by atoms with Gasteiger partial charge in [-0.05, 0) is 30.4 Å². The minimum Gasteiger partial charge on any atom is -0.469 e. The van der Waals surface area contributed by atoms with E-state index in [1.807, 2.05) is 51.4 Å². The number of rotatable bonds is 7. The lowest BCUT2D eigenvalue weighted by molar-refractivity contribution is -0.140. The van der Waals surface area contributed by atoms with E-state index < -0.39 is 0 Å². The molecule has 0 fully saturated rings. The number of aromatic nitrogens is 3. The van der Waals surface area contributed by atoms with Gasteiger partial charge in [0.05, 0.1) is 40.7 Å². The molecule has 0 atom stereocenters. The van der Waals surface area contributed by atoms with Crippen molar-refractivity contribution >= 4 is 34.2 Å². The second-order valence-corrected chi connectivity index (χ2v) is 8.36. The highest BCUT2D eigenvalue weighted by atomic mass is 32.1. The fraction of sp³-hybridized carbons (Fsp3) is 0.429. The number of esters is 1. The number of carbonyl (C=O) groups is 2. The highest BCUT2D eigenvalue weighted by molar-refractivity contribution is 7.13. The van der Waals surface area contributed by atoms with Gasteiger partial charge in [0.15, 0.2) is 5.65 Å². The number of methoxy groups -OCH3 is 1. The number of thiophene rings is 1. The second kappa shape index (κ2) is 8.73. The molecule has 3 aromatic heterocycles. The number of carbonyl (C=O) groups excluding carboxylic acids is 2. The summed E-state index contributed by atoms with van der Waals surface area (Å²) >= 11 is 1.58. The Labute approximate surface area is 174 Å². The van der Waals surface area contributed by atoms with Gasteiger partial charge in [-0.3, -0.25) is 14.3 Å². The van der Waals surface area contributed by atoms with E-state index in [0.29, 0.717) is 24.3 Å². The van der Waals surface area contributed by atoms with Crippen molar-refractivity contribution in [1.29, 1.82) is 0 Å². The van der Waals surface area contributed by atoms with Crippen LogP contribution in [0.4, 0.5) is 0 Å². The quantitative estimate of drug-likeness (QED) is 0.551. The van der Waals surface area contributed by atoms with Crippen LogP contribution in [0.1, 0.15) is 36.3 Å². The maximum atomic E-state index is 13.6. The first kappa shape index (κ1) is 21.0. The standard InChI is InChI=1S/C21H26N4O3S/c1-13(2)12-25(9-8-18(26)28-5)21(27)15-11-16(17-7-6-10-29-17)22-20-19(15)14(3)23-24(20)4/h6-7,10-11,13H,8-9,12H2,1-5H3. The number of ether oxygens (including phenoxy) is 1. The summed E-state index contributed by atoms with van der Waals surface area (Å²) in [7, 11) is 3.19. The SMILES string of the molecule is COC(=O)CCN(CC(C)C)C(=O)c1cc(-c2cccs2)nc2c1c(C)nn2C. The molecule has 0 spiro atoms. The van der Waals surface area contributed by atoms with Crippen molar-refractivity contribution in [2.24, 2.45) is 13.0 Å². The Morgan fingerprint density at radius 3 is 2.72 bits per heavy atom. The third-order valence-electron chi connectivity index (χ3n) is 4.66. The molecule has 0 unspecified atom stereocenters. The number of hydrogen-bond donors (Lipinski definition) is 0. The number of fused-ring (bicyclic) bond motifs is 1. The zero-order valence-corrected chi connectivity index (χ0v) is 18.2. The zero-order chi connectivity index (χ0) is 21.1. The van der Waals surface area contributed by atoms with Crippen LogP contribution in [0, 0.1) is 12.8 Å². The minimum absolute atomic E-state index is 0.121. The van der Waals surface area contributed by atoms with Gasteiger partial charge in [-0.1, -0.05) is 19.9 Å². The normalized spacial score (nSPS) is 11.2. The van der Waals surface area contributed by atoms with Crippen molar-refractivity contribution in [3.8, 4) is 10.6 Å². The number of pyridine rings is 1. The first-order valence-electron chi connectivity index (χ1n) is 9.56. The largest absolute Gasteiger partial charge is 0.469 e. The van der Waals surface area contributed by atoms with E-state index in [0.717, 1.165) is 21.7 Å². The first-order chi connectivity index (χ1) is 13.8. The van der Waals surface area contributed by atoms with E-state index >= 15 is 0 Å². The van der Waals surface area contributed by atoms with E-state index in [-0.39, 0.29) is 24.2 Å². The Bertz CT molecular complexity index is 1020. The Hall–Kier alpha value is -2.74. The zero-order valence-electron chi connectivity index (χ0n) is 17.4. The molecule has 0 N–H and O–H groups in total. The van der Waals surface area contributed by atoms with Crippen molar-refractivity contribution in [3.05, 3.63) is 34.8 Å². The summed E-state index contributed by atoms with van der Waals surface area (Å²) < 4.78 is 6.46. The Morgan fingerprint density at radius 2 is 2.10 bits per heavy atom. The number of nitrogens with zero attached hydrogens (tertiary/aromatic N) is 4. The molecule has 154 valence electrons. The molecular formula is C21H26N4O3S. The van der Waals surface area contributed by atoms with Crippen LogP contribution in [0.3, 0.4) is 0 Å². The molecule has 0 aliphatic rings. The fourth-order valence-corrected chi connectivity index (χ4v) is 4.07. The van der Waals surface area contributed by atoms with E-state index in [9.17, 15) is 9.59 Å². The molecule has 8 heteroatoms. The molecule has 0 radical (unpaired) electrons. The minimum atomic E-state index is -0.330. The second-order valence-electron chi connectivity index (χ2n) is 7.41. The molecule has 7 nitrogen and oxygen atoms in total. The molecule has 0 saturated carbocycles. The van der Waals surface area contributed by atoms with Gasteiger partial charge < -0.3 is 9.64 Å². The van der Waals surface area contributed by atoms with Crippen LogP contribution in [-0.4, -0.2) is 51.7 Å². The summed E-state index contributed by atoms with van der Waals surface area (Å²) in [6.07, 6.45) is 0.160. The van der Waals surface area contributed by atoms with Crippen LogP contribution >= 0.6 is 11.3 Å². The summed E-state index contributed by atoms with van der Waals surface area (Å²) in [6.45, 7) is 6.83. The lowest BCUT2D eigenvalue weighted by Crippen LogP contribution is -2.36. The Morgan fingerprint density at radius 1 is 1.34 bits per heavy atom. The Balaban J connectivity index is 2.09. The lowest BCUT2D eigenvalue weighted by Gasteiger charge is -2.25. The molecule has 3 heterocycles. The van der Waals surface area contributed by atoms with Gasteiger partial charge in [-0.25, -0.2) is 4.98 Å². The summed E-state index contributed by atoms with van der Waals surface area (Å²) in [6, 6.07) is 5.79. The smallest absolute Gasteiger partial charge is 0.307 e. The molecule has 0 bridgehead atoms. The van der Waals surface area contributed by atoms with Gasteiger partial charge in [0.2, 0.25) is 0 Å². The maximum Gasteiger partial charge on any atom is 0.307 e. The summed E-state index contributed by atoms with van der Waals surface area (Å²) in [5.74, 6) is -0.187. The monoisotopic (exact) mass is 414 g/mol. The fourth-order valence-electron chi connectivity index (χ4n) is 3.38. The summed E-state index contributed by atoms with van der Waals surface area (Å²) in [5.41, 5.74) is 2.74. The molecule has 1 amide bonds. The molecule has 0 saturated heterocycles. The van der Waals surface area contributed by atoms with Crippen molar-refractivity contribution in [1.82, 2.24) is 19.7 Å². The summed E-state index contributed by atoms with van der Waals surface area (Å²) in [5, 5.41) is 7.22. The topological polar surface area (TPSA) is 77.3 Å². The van der Waals surface area contributed by atoms with Crippen molar-refractivity contribution in [2.75, 3.05) is 20.2 Å². The van der Waals surface area contributed by atoms with Gasteiger partial charge in [-0.2, -0.15) is 5.10 Å². The molecule has 3 aromatic rings. The van der Waals surface area contributed by atoms with Crippen LogP contribution in [0.15, 0.2) is 23.6 Å². The predicted molar refractivity (Wildman–Crippen MR) is 114 cm³/mol. The lowest BCUT2D eigenvalue weighted by atomic mass is 10.1. The van der Waals surface area contributed by atoms with Crippen LogP contribution < -0.4 is 0 Å². The summed E-state index contributed by atoms with van der Waals surface area (Å²) in [4.78, 5) is 32.7. The first-order valence-corrected chi connectivity index (χ1v) is 10.4. The van der Waals surface area contributed by atoms with Crippen molar-refractivity contribution in [3.63, 3.8) is 0 Å². The van der Waals surface area contributed by atoms with Crippen LogP contribution in [0.25, 0.3) is 21.6 Å². The third-order valence-corrected chi connectivity index (χ3v) is 5.55. The number of amides is 1. The van der Waals surface area contributed by atoms with Gasteiger partial charge in [0, 0.05) is 20.1 Å². The number of aryl methyl sites for hydroxylation is 2. The molecule has 3 rings (SSSR count).